The van der Waals surface area contributed by atoms with Gasteiger partial charge in [-0.2, -0.15) is 0 Å². The number of anilines is 1. The smallest absolute Gasteiger partial charge is 0.323 e. The predicted octanol–water partition coefficient (Wildman–Crippen LogP) is 1.48. The van der Waals surface area contributed by atoms with Crippen molar-refractivity contribution in [3.8, 4) is 0 Å². The first-order valence-electron chi connectivity index (χ1n) is 6.25. The molecule has 100 valence electrons. The van der Waals surface area contributed by atoms with Crippen molar-refractivity contribution >= 4 is 22.5 Å². The number of rotatable bonds is 3. The summed E-state index contributed by atoms with van der Waals surface area (Å²) in [6, 6.07) is -0.201. The van der Waals surface area contributed by atoms with Crippen LogP contribution in [0.15, 0.2) is 0 Å². The first-order chi connectivity index (χ1) is 8.69. The second-order valence-corrected chi connectivity index (χ2v) is 5.49. The highest BCUT2D eigenvalue weighted by atomic mass is 32.1. The number of nitrogens with zero attached hydrogens (tertiary/aromatic N) is 3. The van der Waals surface area contributed by atoms with Crippen LogP contribution in [-0.2, 0) is 6.42 Å². The lowest BCUT2D eigenvalue weighted by Crippen LogP contribution is -2.44. The molecular weight excluding hydrogens is 252 g/mol. The lowest BCUT2D eigenvalue weighted by molar-refractivity contribution is 0.0883. The Morgan fingerprint density at radius 2 is 2.44 bits per heavy atom. The molecule has 1 aliphatic heterocycles. The molecule has 2 rings (SSSR count). The van der Waals surface area contributed by atoms with Gasteiger partial charge in [0.05, 0.1) is 6.10 Å². The fourth-order valence-corrected chi connectivity index (χ4v) is 2.76. The largest absolute Gasteiger partial charge is 0.391 e. The molecule has 6 nitrogen and oxygen atoms in total. The maximum absolute atomic E-state index is 11.9. The number of nitrogens with one attached hydrogen (secondary N) is 1. The summed E-state index contributed by atoms with van der Waals surface area (Å²) >= 11 is 1.41. The van der Waals surface area contributed by atoms with Crippen LogP contribution in [0.25, 0.3) is 0 Å². The average molecular weight is 270 g/mol. The van der Waals surface area contributed by atoms with E-state index in [9.17, 15) is 9.90 Å². The van der Waals surface area contributed by atoms with Crippen molar-refractivity contribution in [2.45, 2.75) is 38.7 Å². The third-order valence-corrected chi connectivity index (χ3v) is 3.73. The Balaban J connectivity index is 1.89. The molecule has 1 atom stereocenters. The van der Waals surface area contributed by atoms with Crippen molar-refractivity contribution in [2.75, 3.05) is 18.4 Å². The number of aliphatic hydroxyl groups is 1. The van der Waals surface area contributed by atoms with Gasteiger partial charge < -0.3 is 10.0 Å². The SMILES string of the molecule is CCCc1nnc(NC(=O)N2CCCC(O)C2)s1. The number of aliphatic hydroxyl groups excluding tert-OH is 1. The average Bonchev–Trinajstić information content (AvgIpc) is 2.77. The summed E-state index contributed by atoms with van der Waals surface area (Å²) in [5.74, 6) is 0. The maximum atomic E-state index is 11.9. The summed E-state index contributed by atoms with van der Waals surface area (Å²) in [7, 11) is 0. The monoisotopic (exact) mass is 270 g/mol. The number of carbonyl (C=O) groups is 1. The van der Waals surface area contributed by atoms with Crippen molar-refractivity contribution in [1.29, 1.82) is 0 Å². The van der Waals surface area contributed by atoms with E-state index in [1.54, 1.807) is 4.90 Å². The minimum absolute atomic E-state index is 0.201. The molecule has 7 heteroatoms. The molecule has 18 heavy (non-hydrogen) atoms. The molecule has 1 aliphatic rings. The minimum atomic E-state index is -0.408. The molecule has 1 aromatic heterocycles. The first kappa shape index (κ1) is 13.2. The molecule has 2 N–H and O–H groups in total. The van der Waals surface area contributed by atoms with Crippen molar-refractivity contribution in [1.82, 2.24) is 15.1 Å². The van der Waals surface area contributed by atoms with Gasteiger partial charge >= 0.3 is 6.03 Å². The number of amides is 2. The summed E-state index contributed by atoms with van der Waals surface area (Å²) < 4.78 is 0. The van der Waals surface area contributed by atoms with E-state index in [1.807, 2.05) is 0 Å². The minimum Gasteiger partial charge on any atom is -0.391 e. The van der Waals surface area contributed by atoms with Crippen molar-refractivity contribution in [3.05, 3.63) is 5.01 Å². The first-order valence-corrected chi connectivity index (χ1v) is 7.07. The van der Waals surface area contributed by atoms with Crippen molar-refractivity contribution in [2.24, 2.45) is 0 Å². The molecule has 0 aromatic carbocycles. The van der Waals surface area contributed by atoms with Crippen molar-refractivity contribution in [3.63, 3.8) is 0 Å². The van der Waals surface area contributed by atoms with Crippen LogP contribution in [0, 0.1) is 0 Å². The van der Waals surface area contributed by atoms with Gasteiger partial charge in [-0.3, -0.25) is 5.32 Å². The summed E-state index contributed by atoms with van der Waals surface area (Å²) in [5, 5.41) is 21.7. The molecule has 0 spiro atoms. The Bertz CT molecular complexity index is 410. The Morgan fingerprint density at radius 1 is 1.61 bits per heavy atom. The molecule has 2 amide bonds. The zero-order valence-electron chi connectivity index (χ0n) is 10.4. The predicted molar refractivity (Wildman–Crippen MR) is 69.7 cm³/mol. The lowest BCUT2D eigenvalue weighted by Gasteiger charge is -2.29. The van der Waals surface area contributed by atoms with E-state index >= 15 is 0 Å². The van der Waals surface area contributed by atoms with E-state index in [2.05, 4.69) is 22.4 Å². The molecule has 0 bridgehead atoms. The number of urea groups is 1. The normalized spacial score (nSPS) is 19.9. The zero-order chi connectivity index (χ0) is 13.0. The fraction of sp³-hybridized carbons (Fsp3) is 0.727. The summed E-state index contributed by atoms with van der Waals surface area (Å²) in [6.07, 6.45) is 3.10. The van der Waals surface area contributed by atoms with E-state index in [-0.39, 0.29) is 6.03 Å². The van der Waals surface area contributed by atoms with E-state index in [4.69, 9.17) is 0 Å². The van der Waals surface area contributed by atoms with Crippen LogP contribution in [-0.4, -0.2) is 45.4 Å². The van der Waals surface area contributed by atoms with Crippen LogP contribution < -0.4 is 5.32 Å². The third-order valence-electron chi connectivity index (χ3n) is 2.83. The van der Waals surface area contributed by atoms with Crippen LogP contribution in [0.4, 0.5) is 9.93 Å². The number of β-amino-alcohol motifs (C(OH)–C–C–N with tert-alkyl or cyclic N) is 1. The second-order valence-electron chi connectivity index (χ2n) is 4.42. The standard InChI is InChI=1S/C11H18N4O2S/c1-2-4-9-13-14-10(18-9)12-11(17)15-6-3-5-8(16)7-15/h8,16H,2-7H2,1H3,(H,12,14,17). The molecule has 0 aliphatic carbocycles. The number of hydrogen-bond donors (Lipinski definition) is 2. The van der Waals surface area contributed by atoms with Gasteiger partial charge in [0.2, 0.25) is 5.13 Å². The maximum Gasteiger partial charge on any atom is 0.323 e. The molecular formula is C11H18N4O2S. The molecule has 0 saturated carbocycles. The Labute approximate surface area is 110 Å². The highest BCUT2D eigenvalue weighted by Gasteiger charge is 2.22. The number of hydrogen-bond acceptors (Lipinski definition) is 5. The van der Waals surface area contributed by atoms with Gasteiger partial charge in [-0.25, -0.2) is 4.79 Å². The van der Waals surface area contributed by atoms with Gasteiger partial charge in [-0.1, -0.05) is 18.3 Å². The van der Waals surface area contributed by atoms with Crippen LogP contribution in [0.2, 0.25) is 0 Å². The number of aromatic nitrogens is 2. The summed E-state index contributed by atoms with van der Waals surface area (Å²) in [5.41, 5.74) is 0. The Morgan fingerprint density at radius 3 is 3.17 bits per heavy atom. The highest BCUT2D eigenvalue weighted by molar-refractivity contribution is 7.15. The quantitative estimate of drug-likeness (QED) is 0.872. The molecule has 1 saturated heterocycles. The van der Waals surface area contributed by atoms with Gasteiger partial charge in [0, 0.05) is 19.5 Å². The van der Waals surface area contributed by atoms with Crippen molar-refractivity contribution < 1.29 is 9.90 Å². The molecule has 1 fully saturated rings. The Hall–Kier alpha value is -1.21. The Kier molecular flexibility index (Phi) is 4.48. The molecule has 2 heterocycles. The molecule has 1 aromatic rings. The van der Waals surface area contributed by atoms with Gasteiger partial charge in [0.15, 0.2) is 0 Å². The second kappa shape index (κ2) is 6.10. The number of carbonyl (C=O) groups excluding carboxylic acids is 1. The third kappa shape index (κ3) is 3.39. The molecule has 0 radical (unpaired) electrons. The lowest BCUT2D eigenvalue weighted by atomic mass is 10.1. The van der Waals surface area contributed by atoms with Crippen LogP contribution >= 0.6 is 11.3 Å². The van der Waals surface area contributed by atoms with E-state index in [0.717, 1.165) is 30.7 Å². The van der Waals surface area contributed by atoms with Gasteiger partial charge in [-0.05, 0) is 19.3 Å². The van der Waals surface area contributed by atoms with E-state index in [0.29, 0.717) is 18.2 Å². The number of piperidine rings is 1. The number of aryl methyl sites for hydroxylation is 1. The van der Waals surface area contributed by atoms with Gasteiger partial charge in [0.1, 0.15) is 5.01 Å². The summed E-state index contributed by atoms with van der Waals surface area (Å²) in [4.78, 5) is 13.5. The van der Waals surface area contributed by atoms with Gasteiger partial charge in [0.25, 0.3) is 0 Å². The van der Waals surface area contributed by atoms with Crippen LogP contribution in [0.1, 0.15) is 31.2 Å². The summed E-state index contributed by atoms with van der Waals surface area (Å²) in [6.45, 7) is 3.16. The van der Waals surface area contributed by atoms with Crippen LogP contribution in [0.3, 0.4) is 0 Å². The van der Waals surface area contributed by atoms with Crippen LogP contribution in [0.5, 0.6) is 0 Å². The highest BCUT2D eigenvalue weighted by Crippen LogP contribution is 2.18. The molecule has 1 unspecified atom stereocenters. The van der Waals surface area contributed by atoms with E-state index < -0.39 is 6.10 Å². The van der Waals surface area contributed by atoms with E-state index in [1.165, 1.54) is 11.3 Å². The number of likely N-dealkylation sites (tertiary alicyclic amines) is 1. The fourth-order valence-electron chi connectivity index (χ4n) is 1.93. The zero-order valence-corrected chi connectivity index (χ0v) is 11.2. The van der Waals surface area contributed by atoms with Gasteiger partial charge in [-0.15, -0.1) is 10.2 Å². The topological polar surface area (TPSA) is 78.4 Å².